The van der Waals surface area contributed by atoms with Crippen LogP contribution in [-0.2, 0) is 43.2 Å². The molecule has 4 rings (SSSR count). The second-order valence-corrected chi connectivity index (χ2v) is 14.2. The van der Waals surface area contributed by atoms with Gasteiger partial charge in [0, 0.05) is 56.0 Å². The van der Waals surface area contributed by atoms with E-state index in [2.05, 4.69) is 36.7 Å². The number of nitrogens with two attached hydrogens (primary N) is 1. The zero-order valence-electron chi connectivity index (χ0n) is 32.7. The van der Waals surface area contributed by atoms with Crippen LogP contribution in [0.3, 0.4) is 0 Å². The number of rotatable bonds is 24. The van der Waals surface area contributed by atoms with E-state index in [4.69, 9.17) is 5.73 Å². The Bertz CT molecular complexity index is 2080. The van der Waals surface area contributed by atoms with E-state index in [0.717, 1.165) is 10.9 Å². The smallest absolute Gasteiger partial charge is 0.326 e. The van der Waals surface area contributed by atoms with Gasteiger partial charge in [-0.25, -0.2) is 14.9 Å². The lowest BCUT2D eigenvalue weighted by Crippen LogP contribution is -2.62. The van der Waals surface area contributed by atoms with Crippen molar-refractivity contribution in [1.29, 1.82) is 0 Å². The summed E-state index contributed by atoms with van der Waals surface area (Å²) in [5, 5.41) is 47.6. The lowest BCUT2D eigenvalue weighted by Gasteiger charge is -2.33. The maximum atomic E-state index is 14.2. The van der Waals surface area contributed by atoms with E-state index in [0.29, 0.717) is 29.4 Å². The monoisotopic (exact) mass is 813 g/mol. The molecular weight excluding hydrogens is 763 g/mol. The second-order valence-electron chi connectivity index (χ2n) is 14.2. The molecule has 0 bridgehead atoms. The summed E-state index contributed by atoms with van der Waals surface area (Å²) in [6.45, 7) is 1.56. The van der Waals surface area contributed by atoms with Gasteiger partial charge in [-0.05, 0) is 60.6 Å². The van der Waals surface area contributed by atoms with Crippen LogP contribution in [-0.4, -0.2) is 93.4 Å². The molecule has 0 radical (unpaired) electrons. The number of aldehydes is 1. The molecule has 1 aromatic heterocycles. The number of aromatic nitrogens is 1. The number of carbonyl (C=O) groups is 5. The number of para-hydroxylation sites is 1. The highest BCUT2D eigenvalue weighted by molar-refractivity contribution is 5.89. The van der Waals surface area contributed by atoms with Gasteiger partial charge in [0.25, 0.3) is 5.96 Å². The fraction of sp³-hybridized carbons (Fsp3) is 0.366. The highest BCUT2D eigenvalue weighted by atomic mass is 16.7. The van der Waals surface area contributed by atoms with Gasteiger partial charge >= 0.3 is 5.97 Å². The standard InChI is InChI=1S/C41H51N9O9/c1-2-9-36(53)45-24-30(20-27-15-17-31(52)18-16-27)37(54)48-41(26-51,22-28-10-4-3-5-11-28)25-46-34(14-8-19-43-40(42)49-50(58)59)38(55)47-35(39(56)57)21-29-23-44-33-13-7-6-12-32(29)33/h3-7,10-13,15-18,23,26,30,34-35,44,46,52H,2,8-9,14,19-22,24-25H2,1H3,(H,45,53)(H,47,55)(H,48,54)(H,56,57)(H3,42,43,49)/t30-,34+,35+,41+/m1/s1. The van der Waals surface area contributed by atoms with Crippen LogP contribution < -0.4 is 32.3 Å². The van der Waals surface area contributed by atoms with Gasteiger partial charge in [-0.15, -0.1) is 0 Å². The molecule has 18 heteroatoms. The largest absolute Gasteiger partial charge is 0.508 e. The van der Waals surface area contributed by atoms with Crippen LogP contribution >= 0.6 is 0 Å². The number of hydrogen-bond acceptors (Lipinski definition) is 9. The molecule has 4 atom stereocenters. The zero-order valence-corrected chi connectivity index (χ0v) is 32.7. The molecule has 4 aromatic rings. The predicted octanol–water partition coefficient (Wildman–Crippen LogP) is 1.89. The van der Waals surface area contributed by atoms with E-state index >= 15 is 0 Å². The molecule has 3 aromatic carbocycles. The number of carboxylic acids is 1. The molecule has 0 spiro atoms. The summed E-state index contributed by atoms with van der Waals surface area (Å²) in [6, 6.07) is 20.0. The number of hydrazone groups is 1. The maximum absolute atomic E-state index is 14.2. The Labute approximate surface area is 340 Å². The van der Waals surface area contributed by atoms with Crippen LogP contribution in [0.2, 0.25) is 0 Å². The van der Waals surface area contributed by atoms with Gasteiger partial charge in [-0.1, -0.05) is 67.6 Å². The third-order valence-corrected chi connectivity index (χ3v) is 9.63. The minimum atomic E-state index is -1.66. The molecular formula is C41H51N9O9. The second kappa shape index (κ2) is 22.2. The number of amides is 3. The quantitative estimate of drug-likeness (QED) is 0.0123. The third kappa shape index (κ3) is 14.3. The third-order valence-electron chi connectivity index (χ3n) is 9.63. The Morgan fingerprint density at radius 3 is 2.34 bits per heavy atom. The summed E-state index contributed by atoms with van der Waals surface area (Å²) in [7, 11) is 0. The average Bonchev–Trinajstić information content (AvgIpc) is 3.62. The van der Waals surface area contributed by atoms with E-state index in [9.17, 15) is 44.3 Å². The number of aromatic hydroxyl groups is 1. The Hall–Kier alpha value is -6.82. The van der Waals surface area contributed by atoms with Crippen molar-refractivity contribution >= 4 is 46.8 Å². The van der Waals surface area contributed by atoms with Crippen LogP contribution in [0.4, 0.5) is 0 Å². The number of carbonyl (C=O) groups excluding carboxylic acids is 4. The van der Waals surface area contributed by atoms with E-state index in [1.807, 2.05) is 31.2 Å². The number of benzene rings is 3. The molecule has 314 valence electrons. The van der Waals surface area contributed by atoms with Crippen molar-refractivity contribution in [2.24, 2.45) is 16.8 Å². The van der Waals surface area contributed by atoms with E-state index < -0.39 is 52.3 Å². The van der Waals surface area contributed by atoms with Gasteiger partial charge in [0.05, 0.1) is 12.0 Å². The topological polar surface area (TPSA) is 283 Å². The average molecular weight is 814 g/mol. The first kappa shape index (κ1) is 44.9. The van der Waals surface area contributed by atoms with Crippen molar-refractivity contribution in [3.63, 3.8) is 0 Å². The molecule has 59 heavy (non-hydrogen) atoms. The lowest BCUT2D eigenvalue weighted by atomic mass is 9.89. The molecule has 18 nitrogen and oxygen atoms in total. The SMILES string of the molecule is CCCC(=O)NC[C@@H](Cc1ccc(O)cc1)C(=O)N[C@](C=O)(CN[C@@H](CCCN/C(N)=N/[N+](=O)[O-])C(=O)N[C@@H](Cc1c[nH]c2ccccc12)C(=O)O)Cc1ccccc1. The molecule has 3 amide bonds. The normalized spacial score (nSPS) is 13.9. The molecule has 0 aliphatic carbocycles. The first-order valence-electron chi connectivity index (χ1n) is 19.2. The van der Waals surface area contributed by atoms with Gasteiger partial charge < -0.3 is 52.3 Å². The van der Waals surface area contributed by atoms with Gasteiger partial charge in [-0.3, -0.25) is 14.4 Å². The summed E-state index contributed by atoms with van der Waals surface area (Å²) >= 11 is 0. The van der Waals surface area contributed by atoms with Crippen molar-refractivity contribution < 1.29 is 39.2 Å². The summed E-state index contributed by atoms with van der Waals surface area (Å²) in [5.41, 5.74) is 6.75. The number of fused-ring (bicyclic) bond motifs is 1. The molecule has 0 aliphatic heterocycles. The number of nitrogens with one attached hydrogen (secondary N) is 6. The fourth-order valence-corrected chi connectivity index (χ4v) is 6.57. The van der Waals surface area contributed by atoms with Gasteiger partial charge in [0.1, 0.15) is 28.7 Å². The molecule has 10 N–H and O–H groups in total. The number of H-pyrrole nitrogens is 1. The summed E-state index contributed by atoms with van der Waals surface area (Å²) < 4.78 is 0. The van der Waals surface area contributed by atoms with E-state index in [1.54, 1.807) is 48.7 Å². The van der Waals surface area contributed by atoms with E-state index in [-0.39, 0.29) is 69.8 Å². The summed E-state index contributed by atoms with van der Waals surface area (Å²) in [5.74, 6) is -4.07. The minimum Gasteiger partial charge on any atom is -0.508 e. The minimum absolute atomic E-state index is 0.00764. The molecule has 0 saturated carbocycles. The van der Waals surface area contributed by atoms with E-state index in [1.165, 1.54) is 12.1 Å². The van der Waals surface area contributed by atoms with Gasteiger partial charge in [0.2, 0.25) is 17.7 Å². The number of nitrogens with zero attached hydrogens (tertiary/aromatic N) is 2. The van der Waals surface area contributed by atoms with Crippen LogP contribution in [0.25, 0.3) is 10.9 Å². The van der Waals surface area contributed by atoms with Crippen LogP contribution in [0, 0.1) is 16.0 Å². The number of phenolic OH excluding ortho intramolecular Hbond substituents is 1. The maximum Gasteiger partial charge on any atom is 0.326 e. The molecule has 0 aliphatic rings. The number of hydrogen-bond donors (Lipinski definition) is 9. The molecule has 1 heterocycles. The van der Waals surface area contributed by atoms with Gasteiger partial charge in [0.15, 0.2) is 5.03 Å². The van der Waals surface area contributed by atoms with Crippen molar-refractivity contribution in [2.75, 3.05) is 19.6 Å². The first-order chi connectivity index (χ1) is 28.3. The Balaban J connectivity index is 1.61. The Morgan fingerprint density at radius 1 is 0.949 bits per heavy atom. The highest BCUT2D eigenvalue weighted by Gasteiger charge is 2.36. The number of aliphatic carboxylic acids is 1. The number of phenols is 1. The van der Waals surface area contributed by atoms with Crippen molar-refractivity contribution in [1.82, 2.24) is 31.6 Å². The zero-order chi connectivity index (χ0) is 42.8. The Kier molecular flexibility index (Phi) is 16.9. The number of carboxylic acid groups (broad SMARTS) is 1. The molecule has 0 fully saturated rings. The number of nitro groups is 1. The van der Waals surface area contributed by atoms with Gasteiger partial charge in [-0.2, -0.15) is 0 Å². The lowest BCUT2D eigenvalue weighted by molar-refractivity contribution is -0.485. The fourth-order valence-electron chi connectivity index (χ4n) is 6.57. The highest BCUT2D eigenvalue weighted by Crippen LogP contribution is 2.20. The number of guanidine groups is 1. The summed E-state index contributed by atoms with van der Waals surface area (Å²) in [6.07, 6.45) is 3.43. The predicted molar refractivity (Wildman–Crippen MR) is 220 cm³/mol. The number of aromatic amines is 1. The molecule has 0 saturated heterocycles. The summed E-state index contributed by atoms with van der Waals surface area (Å²) in [4.78, 5) is 80.3. The molecule has 0 unspecified atom stereocenters. The Morgan fingerprint density at radius 2 is 1.66 bits per heavy atom. The van der Waals surface area contributed by atoms with Crippen LogP contribution in [0.5, 0.6) is 5.75 Å². The first-order valence-corrected chi connectivity index (χ1v) is 19.2. The van der Waals surface area contributed by atoms with Crippen molar-refractivity contribution in [3.05, 3.63) is 112 Å². The van der Waals surface area contributed by atoms with Crippen molar-refractivity contribution in [3.8, 4) is 5.75 Å². The van der Waals surface area contributed by atoms with Crippen LogP contribution in [0.15, 0.2) is 90.2 Å². The van der Waals surface area contributed by atoms with Crippen LogP contribution in [0.1, 0.15) is 49.3 Å². The van der Waals surface area contributed by atoms with Crippen molar-refractivity contribution in [2.45, 2.75) is 69.5 Å².